The van der Waals surface area contributed by atoms with Crippen LogP contribution in [0.5, 0.6) is 5.75 Å². The molecule has 0 bridgehead atoms. The molecule has 26 heavy (non-hydrogen) atoms. The van der Waals surface area contributed by atoms with Crippen molar-refractivity contribution in [3.05, 3.63) is 59.7 Å². The predicted octanol–water partition coefficient (Wildman–Crippen LogP) is 4.19. The smallest absolute Gasteiger partial charge is 0.257 e. The largest absolute Gasteiger partial charge is 0.494 e. The van der Waals surface area contributed by atoms with Gasteiger partial charge in [-0.25, -0.2) is 0 Å². The quantitative estimate of drug-likeness (QED) is 0.434. The molecule has 6 heteroatoms. The Labute approximate surface area is 158 Å². The van der Waals surface area contributed by atoms with Crippen molar-refractivity contribution in [2.75, 3.05) is 11.9 Å². The molecule has 0 saturated heterocycles. The number of carbonyl (C=O) groups excluding carboxylic acids is 2. The zero-order valence-corrected chi connectivity index (χ0v) is 15.7. The van der Waals surface area contributed by atoms with Crippen molar-refractivity contribution in [2.24, 2.45) is 0 Å². The maximum Gasteiger partial charge on any atom is 0.257 e. The van der Waals surface area contributed by atoms with Crippen LogP contribution in [0.1, 0.15) is 47.4 Å². The zero-order chi connectivity index (χ0) is 18.9. The molecule has 2 aromatic rings. The first kappa shape index (κ1) is 19.6. The van der Waals surface area contributed by atoms with Gasteiger partial charge >= 0.3 is 0 Å². The van der Waals surface area contributed by atoms with E-state index in [9.17, 15) is 9.59 Å². The monoisotopic (exact) mass is 370 g/mol. The van der Waals surface area contributed by atoms with Crippen LogP contribution in [0.3, 0.4) is 0 Å². The summed E-state index contributed by atoms with van der Waals surface area (Å²) >= 11 is 5.16. The summed E-state index contributed by atoms with van der Waals surface area (Å²) in [6.45, 7) is 4.26. The Morgan fingerprint density at radius 1 is 1.08 bits per heavy atom. The normalized spacial score (nSPS) is 10.1. The lowest BCUT2D eigenvalue weighted by molar-refractivity contribution is 0.0975. The van der Waals surface area contributed by atoms with Gasteiger partial charge in [0.15, 0.2) is 10.9 Å². The van der Waals surface area contributed by atoms with Gasteiger partial charge in [0, 0.05) is 16.8 Å². The van der Waals surface area contributed by atoms with E-state index in [0.29, 0.717) is 23.4 Å². The number of hydrogen-bond donors (Lipinski definition) is 2. The highest BCUT2D eigenvalue weighted by Crippen LogP contribution is 2.13. The summed E-state index contributed by atoms with van der Waals surface area (Å²) in [5.74, 6) is 0.381. The number of ketones is 1. The minimum atomic E-state index is -0.315. The van der Waals surface area contributed by atoms with E-state index in [4.69, 9.17) is 17.0 Å². The molecular formula is C20H22N2O3S. The van der Waals surface area contributed by atoms with Crippen LogP contribution in [-0.2, 0) is 0 Å². The fourth-order valence-corrected chi connectivity index (χ4v) is 2.40. The molecule has 0 saturated carbocycles. The van der Waals surface area contributed by atoms with Gasteiger partial charge in [-0.15, -0.1) is 0 Å². The molecule has 0 unspecified atom stereocenters. The maximum atomic E-state index is 12.3. The molecule has 0 fully saturated rings. The molecule has 0 heterocycles. The number of ether oxygens (including phenoxy) is 1. The van der Waals surface area contributed by atoms with Crippen molar-refractivity contribution in [3.8, 4) is 5.75 Å². The average Bonchev–Trinajstić information content (AvgIpc) is 2.62. The zero-order valence-electron chi connectivity index (χ0n) is 14.9. The van der Waals surface area contributed by atoms with Gasteiger partial charge in [0.25, 0.3) is 5.91 Å². The Morgan fingerprint density at radius 3 is 2.46 bits per heavy atom. The van der Waals surface area contributed by atoms with Crippen LogP contribution in [0.2, 0.25) is 0 Å². The van der Waals surface area contributed by atoms with Crippen molar-refractivity contribution < 1.29 is 14.3 Å². The summed E-state index contributed by atoms with van der Waals surface area (Å²) in [6.07, 6.45) is 2.06. The van der Waals surface area contributed by atoms with E-state index in [1.165, 1.54) is 6.92 Å². The fraction of sp³-hybridized carbons (Fsp3) is 0.250. The standard InChI is InChI=1S/C20H22N2O3S/c1-3-4-12-25-18-10-8-15(9-11-18)19(24)22-20(26)21-17-7-5-6-16(13-17)14(2)23/h5-11,13H,3-4,12H2,1-2H3,(H2,21,22,24,26). The van der Waals surface area contributed by atoms with Crippen molar-refractivity contribution in [1.29, 1.82) is 0 Å². The lowest BCUT2D eigenvalue weighted by Crippen LogP contribution is -2.34. The molecule has 2 rings (SSSR count). The lowest BCUT2D eigenvalue weighted by atomic mass is 10.1. The average molecular weight is 370 g/mol. The molecule has 1 amide bonds. The number of rotatable bonds is 7. The molecule has 0 radical (unpaired) electrons. The van der Waals surface area contributed by atoms with E-state index < -0.39 is 0 Å². The Morgan fingerprint density at radius 2 is 1.81 bits per heavy atom. The Bertz CT molecular complexity index is 788. The third kappa shape index (κ3) is 5.97. The van der Waals surface area contributed by atoms with Crippen LogP contribution in [0.4, 0.5) is 5.69 Å². The molecule has 2 aromatic carbocycles. The SMILES string of the molecule is CCCCOc1ccc(C(=O)NC(=S)Nc2cccc(C(C)=O)c2)cc1. The van der Waals surface area contributed by atoms with Crippen molar-refractivity contribution in [2.45, 2.75) is 26.7 Å². The first-order chi connectivity index (χ1) is 12.5. The summed E-state index contributed by atoms with van der Waals surface area (Å²) in [4.78, 5) is 23.7. The number of thiocarbonyl (C=S) groups is 1. The topological polar surface area (TPSA) is 67.4 Å². The van der Waals surface area contributed by atoms with Crippen LogP contribution in [0.25, 0.3) is 0 Å². The van der Waals surface area contributed by atoms with Gasteiger partial charge < -0.3 is 10.1 Å². The number of carbonyl (C=O) groups is 2. The molecule has 5 nitrogen and oxygen atoms in total. The number of benzene rings is 2. The van der Waals surface area contributed by atoms with E-state index in [-0.39, 0.29) is 16.8 Å². The highest BCUT2D eigenvalue weighted by atomic mass is 32.1. The second-order valence-corrected chi connectivity index (χ2v) is 6.18. The number of unbranched alkanes of at least 4 members (excludes halogenated alkanes) is 1. The van der Waals surface area contributed by atoms with Gasteiger partial charge in [-0.3, -0.25) is 14.9 Å². The Hall–Kier alpha value is -2.73. The second-order valence-electron chi connectivity index (χ2n) is 5.77. The number of anilines is 1. The minimum absolute atomic E-state index is 0.0372. The van der Waals surface area contributed by atoms with Gasteiger partial charge in [-0.1, -0.05) is 25.5 Å². The van der Waals surface area contributed by atoms with E-state index >= 15 is 0 Å². The van der Waals surface area contributed by atoms with Gasteiger partial charge in [0.05, 0.1) is 6.61 Å². The molecule has 136 valence electrons. The van der Waals surface area contributed by atoms with Crippen molar-refractivity contribution >= 4 is 34.7 Å². The van der Waals surface area contributed by atoms with E-state index in [0.717, 1.165) is 18.6 Å². The molecule has 0 aliphatic carbocycles. The van der Waals surface area contributed by atoms with Crippen molar-refractivity contribution in [1.82, 2.24) is 5.32 Å². The second kappa shape index (κ2) is 9.68. The molecule has 0 aliphatic rings. The summed E-state index contributed by atoms with van der Waals surface area (Å²) in [5.41, 5.74) is 1.69. The van der Waals surface area contributed by atoms with Gasteiger partial charge in [0.2, 0.25) is 0 Å². The maximum absolute atomic E-state index is 12.3. The van der Waals surface area contributed by atoms with E-state index in [1.54, 1.807) is 48.5 Å². The van der Waals surface area contributed by atoms with Gasteiger partial charge in [-0.2, -0.15) is 0 Å². The Balaban J connectivity index is 1.91. The molecule has 2 N–H and O–H groups in total. The van der Waals surface area contributed by atoms with Crippen LogP contribution in [0, 0.1) is 0 Å². The third-order valence-corrected chi connectivity index (χ3v) is 3.84. The molecule has 0 spiro atoms. The highest BCUT2D eigenvalue weighted by molar-refractivity contribution is 7.80. The number of amides is 1. The van der Waals surface area contributed by atoms with Crippen LogP contribution < -0.4 is 15.4 Å². The van der Waals surface area contributed by atoms with Gasteiger partial charge in [0.1, 0.15) is 5.75 Å². The highest BCUT2D eigenvalue weighted by Gasteiger charge is 2.09. The van der Waals surface area contributed by atoms with Crippen molar-refractivity contribution in [3.63, 3.8) is 0 Å². The van der Waals surface area contributed by atoms with E-state index in [1.807, 2.05) is 0 Å². The summed E-state index contributed by atoms with van der Waals surface area (Å²) in [6, 6.07) is 13.8. The van der Waals surface area contributed by atoms with E-state index in [2.05, 4.69) is 17.6 Å². The van der Waals surface area contributed by atoms with Crippen LogP contribution in [-0.4, -0.2) is 23.4 Å². The Kier molecular flexibility index (Phi) is 7.29. The van der Waals surface area contributed by atoms with Gasteiger partial charge in [-0.05, 0) is 62.0 Å². The number of nitrogens with one attached hydrogen (secondary N) is 2. The minimum Gasteiger partial charge on any atom is -0.494 e. The first-order valence-electron chi connectivity index (χ1n) is 8.46. The summed E-state index contributed by atoms with van der Waals surface area (Å²) < 4.78 is 5.57. The number of Topliss-reactive ketones (excluding diaryl/α,β-unsaturated/α-hetero) is 1. The predicted molar refractivity (Wildman–Crippen MR) is 107 cm³/mol. The summed E-state index contributed by atoms with van der Waals surface area (Å²) in [7, 11) is 0. The third-order valence-electron chi connectivity index (χ3n) is 3.64. The van der Waals surface area contributed by atoms with Crippen LogP contribution in [0.15, 0.2) is 48.5 Å². The molecule has 0 aromatic heterocycles. The molecular weight excluding hydrogens is 348 g/mol. The lowest BCUT2D eigenvalue weighted by Gasteiger charge is -2.11. The molecule has 0 atom stereocenters. The molecule has 0 aliphatic heterocycles. The first-order valence-corrected chi connectivity index (χ1v) is 8.86. The number of hydrogen-bond acceptors (Lipinski definition) is 4. The fourth-order valence-electron chi connectivity index (χ4n) is 2.19. The van der Waals surface area contributed by atoms with Crippen LogP contribution >= 0.6 is 12.2 Å². The summed E-state index contributed by atoms with van der Waals surface area (Å²) in [5, 5.41) is 5.69.